The molecule has 1 N–H and O–H groups in total. The van der Waals surface area contributed by atoms with E-state index in [9.17, 15) is 0 Å². The third-order valence-corrected chi connectivity index (χ3v) is 4.15. The number of ether oxygens (including phenoxy) is 1. The summed E-state index contributed by atoms with van der Waals surface area (Å²) in [6, 6.07) is 8.19. The maximum Gasteiger partial charge on any atom is 0.122 e. The van der Waals surface area contributed by atoms with E-state index in [0.29, 0.717) is 0 Å². The topological polar surface area (TPSA) is 37.4 Å². The van der Waals surface area contributed by atoms with Gasteiger partial charge in [-0.1, -0.05) is 0 Å². The first-order valence-corrected chi connectivity index (χ1v) is 7.50. The van der Waals surface area contributed by atoms with Crippen LogP contribution >= 0.6 is 23.7 Å². The van der Waals surface area contributed by atoms with Crippen LogP contribution in [0.1, 0.15) is 0 Å². The molecule has 2 aromatic heterocycles. The minimum absolute atomic E-state index is 0. The summed E-state index contributed by atoms with van der Waals surface area (Å²) < 4.78 is 6.55. The highest BCUT2D eigenvalue weighted by molar-refractivity contribution is 7.17. The van der Waals surface area contributed by atoms with E-state index in [4.69, 9.17) is 4.74 Å². The molecule has 0 aliphatic heterocycles. The number of hydrogen-bond acceptors (Lipinski definition) is 5. The average molecular weight is 336 g/mol. The molecule has 0 atom stereocenters. The van der Waals surface area contributed by atoms with E-state index in [1.54, 1.807) is 18.4 Å². The number of aromatic nitrogens is 1. The first-order chi connectivity index (χ1) is 10.2. The lowest BCUT2D eigenvalue weighted by atomic mass is 10.2. The van der Waals surface area contributed by atoms with Crippen LogP contribution < -0.4 is 15.0 Å². The van der Waals surface area contributed by atoms with Crippen molar-refractivity contribution >= 4 is 50.9 Å². The fraction of sp³-hybridized carbons (Fsp3) is 0.188. The van der Waals surface area contributed by atoms with E-state index in [-0.39, 0.29) is 12.4 Å². The first kappa shape index (κ1) is 16.4. The highest BCUT2D eigenvalue weighted by Crippen LogP contribution is 2.32. The Morgan fingerprint density at radius 3 is 2.73 bits per heavy atom. The number of fused-ring (bicyclic) bond motifs is 1. The third kappa shape index (κ3) is 3.26. The molecule has 2 heterocycles. The fourth-order valence-corrected chi connectivity index (χ4v) is 2.96. The normalized spacial score (nSPS) is 10.1. The molecule has 0 saturated carbocycles. The van der Waals surface area contributed by atoms with Gasteiger partial charge in [-0.15, -0.1) is 23.7 Å². The Kier molecular flexibility index (Phi) is 5.11. The summed E-state index contributed by atoms with van der Waals surface area (Å²) in [6.45, 7) is 0. The maximum absolute atomic E-state index is 5.38. The molecule has 0 unspecified atom stereocenters. The van der Waals surface area contributed by atoms with Crippen LogP contribution in [0.3, 0.4) is 0 Å². The summed E-state index contributed by atoms with van der Waals surface area (Å²) in [6.07, 6.45) is 3.74. The van der Waals surface area contributed by atoms with Gasteiger partial charge in [-0.3, -0.25) is 4.98 Å². The van der Waals surface area contributed by atoms with Crippen molar-refractivity contribution in [3.05, 3.63) is 42.0 Å². The summed E-state index contributed by atoms with van der Waals surface area (Å²) in [4.78, 5) is 6.34. The molecule has 4 nitrogen and oxygen atoms in total. The summed E-state index contributed by atoms with van der Waals surface area (Å²) >= 11 is 1.69. The van der Waals surface area contributed by atoms with Crippen molar-refractivity contribution in [2.75, 3.05) is 31.4 Å². The molecule has 0 amide bonds. The van der Waals surface area contributed by atoms with Gasteiger partial charge in [0.25, 0.3) is 0 Å². The second kappa shape index (κ2) is 6.85. The van der Waals surface area contributed by atoms with Gasteiger partial charge in [0.1, 0.15) is 5.75 Å². The molecule has 22 heavy (non-hydrogen) atoms. The predicted molar refractivity (Wildman–Crippen MR) is 97.5 cm³/mol. The standard InChI is InChI=1S/C16H17N3OS.ClH/c1-19(2)12-6-11(7-13(8-12)20-3)18-15-9-17-10-16-14(15)4-5-21-16;/h4-10,18H,1-3H3;1H. The fourth-order valence-electron chi connectivity index (χ4n) is 2.18. The molecular formula is C16H18ClN3OS. The van der Waals surface area contributed by atoms with Crippen LogP contribution in [0.5, 0.6) is 5.75 Å². The minimum Gasteiger partial charge on any atom is -0.497 e. The Balaban J connectivity index is 0.00000176. The maximum atomic E-state index is 5.38. The third-order valence-electron chi connectivity index (χ3n) is 3.30. The first-order valence-electron chi connectivity index (χ1n) is 6.62. The number of hydrogen-bond donors (Lipinski definition) is 1. The van der Waals surface area contributed by atoms with Crippen molar-refractivity contribution in [1.82, 2.24) is 4.98 Å². The molecule has 6 heteroatoms. The lowest BCUT2D eigenvalue weighted by Gasteiger charge is -2.16. The van der Waals surface area contributed by atoms with Crippen LogP contribution in [-0.2, 0) is 0 Å². The number of anilines is 3. The monoisotopic (exact) mass is 335 g/mol. The van der Waals surface area contributed by atoms with Gasteiger partial charge in [-0.25, -0.2) is 0 Å². The van der Waals surface area contributed by atoms with Crippen LogP contribution in [0, 0.1) is 0 Å². The van der Waals surface area contributed by atoms with Gasteiger partial charge >= 0.3 is 0 Å². The van der Waals surface area contributed by atoms with Crippen molar-refractivity contribution in [2.24, 2.45) is 0 Å². The molecule has 0 fully saturated rings. The smallest absolute Gasteiger partial charge is 0.122 e. The molecule has 0 saturated heterocycles. The molecule has 0 spiro atoms. The number of methoxy groups -OCH3 is 1. The van der Waals surface area contributed by atoms with Crippen molar-refractivity contribution in [3.63, 3.8) is 0 Å². The van der Waals surface area contributed by atoms with E-state index in [1.165, 1.54) is 10.1 Å². The van der Waals surface area contributed by atoms with Gasteiger partial charge in [-0.05, 0) is 17.5 Å². The van der Waals surface area contributed by atoms with E-state index >= 15 is 0 Å². The van der Waals surface area contributed by atoms with Crippen molar-refractivity contribution in [2.45, 2.75) is 0 Å². The van der Waals surface area contributed by atoms with Gasteiger partial charge < -0.3 is 15.0 Å². The molecule has 0 radical (unpaired) electrons. The van der Waals surface area contributed by atoms with E-state index in [1.807, 2.05) is 38.6 Å². The van der Waals surface area contributed by atoms with Gasteiger partial charge in [0.2, 0.25) is 0 Å². The lowest BCUT2D eigenvalue weighted by molar-refractivity contribution is 0.415. The molecule has 116 valence electrons. The van der Waals surface area contributed by atoms with Crippen LogP contribution in [0.2, 0.25) is 0 Å². The van der Waals surface area contributed by atoms with Gasteiger partial charge in [0, 0.05) is 49.2 Å². The zero-order valence-electron chi connectivity index (χ0n) is 12.7. The number of rotatable bonds is 4. The second-order valence-corrected chi connectivity index (χ2v) is 5.91. The molecule has 1 aromatic carbocycles. The largest absolute Gasteiger partial charge is 0.497 e. The number of nitrogens with zero attached hydrogens (tertiary/aromatic N) is 2. The molecule has 0 aliphatic rings. The number of thiophene rings is 1. The molecule has 3 aromatic rings. The Hall–Kier alpha value is -1.98. The summed E-state index contributed by atoms with van der Waals surface area (Å²) in [5.74, 6) is 0.828. The number of benzene rings is 1. The number of nitrogens with one attached hydrogen (secondary N) is 1. The van der Waals surface area contributed by atoms with E-state index in [2.05, 4.69) is 32.7 Å². The number of halogens is 1. The lowest BCUT2D eigenvalue weighted by Crippen LogP contribution is -2.09. The SMILES string of the molecule is COc1cc(Nc2cncc3sccc23)cc(N(C)C)c1.Cl. The van der Waals surface area contributed by atoms with Gasteiger partial charge in [0.05, 0.1) is 23.7 Å². The van der Waals surface area contributed by atoms with Gasteiger partial charge in [0.15, 0.2) is 0 Å². The van der Waals surface area contributed by atoms with Gasteiger partial charge in [-0.2, -0.15) is 0 Å². The zero-order valence-corrected chi connectivity index (χ0v) is 14.3. The molecule has 0 bridgehead atoms. The average Bonchev–Trinajstić information content (AvgIpc) is 2.96. The Morgan fingerprint density at radius 1 is 1.18 bits per heavy atom. The van der Waals surface area contributed by atoms with Crippen LogP contribution in [-0.4, -0.2) is 26.2 Å². The van der Waals surface area contributed by atoms with E-state index < -0.39 is 0 Å². The quantitative estimate of drug-likeness (QED) is 0.759. The molecular weight excluding hydrogens is 318 g/mol. The summed E-state index contributed by atoms with van der Waals surface area (Å²) in [7, 11) is 5.71. The van der Waals surface area contributed by atoms with Crippen molar-refractivity contribution in [1.29, 1.82) is 0 Å². The Morgan fingerprint density at radius 2 is 2.00 bits per heavy atom. The predicted octanol–water partition coefficient (Wildman–Crippen LogP) is 4.54. The van der Waals surface area contributed by atoms with Crippen molar-refractivity contribution in [3.8, 4) is 5.75 Å². The van der Waals surface area contributed by atoms with E-state index in [0.717, 1.165) is 22.8 Å². The molecule has 0 aliphatic carbocycles. The number of pyridine rings is 1. The minimum atomic E-state index is 0. The van der Waals surface area contributed by atoms with Crippen LogP contribution in [0.4, 0.5) is 17.1 Å². The molecule has 3 rings (SSSR count). The van der Waals surface area contributed by atoms with Crippen LogP contribution in [0.15, 0.2) is 42.0 Å². The zero-order chi connectivity index (χ0) is 14.8. The Bertz CT molecular complexity index is 773. The Labute approximate surface area is 140 Å². The second-order valence-electron chi connectivity index (χ2n) is 4.96. The highest BCUT2D eigenvalue weighted by atomic mass is 35.5. The summed E-state index contributed by atoms with van der Waals surface area (Å²) in [5.41, 5.74) is 3.08. The highest BCUT2D eigenvalue weighted by Gasteiger charge is 2.06. The van der Waals surface area contributed by atoms with Crippen molar-refractivity contribution < 1.29 is 4.74 Å². The van der Waals surface area contributed by atoms with Crippen LogP contribution in [0.25, 0.3) is 10.1 Å². The summed E-state index contributed by atoms with van der Waals surface area (Å²) in [5, 5.41) is 6.70.